The lowest BCUT2D eigenvalue weighted by molar-refractivity contribution is 0.0220. The number of rotatable bonds is 4. The predicted molar refractivity (Wildman–Crippen MR) is 105 cm³/mol. The molecule has 3 heterocycles. The zero-order valence-corrected chi connectivity index (χ0v) is 16.7. The molecule has 2 N–H and O–H groups in total. The maximum Gasteiger partial charge on any atom is 0.214 e. The van der Waals surface area contributed by atoms with Crippen molar-refractivity contribution >= 4 is 21.6 Å². The summed E-state index contributed by atoms with van der Waals surface area (Å²) < 4.78 is 27.6. The third-order valence-corrected chi connectivity index (χ3v) is 8.55. The largest absolute Gasteiger partial charge is 0.330 e. The fourth-order valence-corrected chi connectivity index (χ4v) is 7.12. The van der Waals surface area contributed by atoms with Crippen molar-refractivity contribution in [1.29, 1.82) is 0 Å². The van der Waals surface area contributed by atoms with Crippen LogP contribution in [0.25, 0.3) is 0 Å². The normalized spacial score (nSPS) is 29.7. The van der Waals surface area contributed by atoms with Crippen molar-refractivity contribution in [2.24, 2.45) is 11.7 Å². The van der Waals surface area contributed by atoms with E-state index in [-0.39, 0.29) is 17.8 Å². The molecule has 0 radical (unpaired) electrons. The highest BCUT2D eigenvalue weighted by Gasteiger charge is 2.45. The first-order valence-corrected chi connectivity index (χ1v) is 11.7. The Kier molecular flexibility index (Phi) is 5.32. The minimum Gasteiger partial charge on any atom is -0.330 e. The van der Waals surface area contributed by atoms with Crippen LogP contribution in [0.1, 0.15) is 42.9 Å². The predicted octanol–water partition coefficient (Wildman–Crippen LogP) is 2.40. The first kappa shape index (κ1) is 18.7. The number of nitrogens with two attached hydrogens (primary N) is 1. The summed E-state index contributed by atoms with van der Waals surface area (Å²) in [5.74, 6) is 0.608. The van der Waals surface area contributed by atoms with Crippen LogP contribution < -0.4 is 5.73 Å². The third-order valence-electron chi connectivity index (χ3n) is 6.34. The third kappa shape index (κ3) is 3.42. The second-order valence-corrected chi connectivity index (χ2v) is 10.4. The quantitative estimate of drug-likeness (QED) is 0.847. The monoisotopic (exact) mass is 397 g/mol. The van der Waals surface area contributed by atoms with Crippen molar-refractivity contribution in [1.82, 2.24) is 9.21 Å². The summed E-state index contributed by atoms with van der Waals surface area (Å²) in [6.07, 6.45) is 4.55. The fourth-order valence-electron chi connectivity index (χ4n) is 5.10. The van der Waals surface area contributed by atoms with Gasteiger partial charge in [0.15, 0.2) is 0 Å². The number of piperidine rings is 2. The molecule has 0 bridgehead atoms. The smallest absolute Gasteiger partial charge is 0.214 e. The summed E-state index contributed by atoms with van der Waals surface area (Å²) in [7, 11) is -3.23. The molecule has 1 aromatic carbocycles. The Labute approximate surface area is 161 Å². The average Bonchev–Trinajstić information content (AvgIpc) is 2.64. The van der Waals surface area contributed by atoms with Crippen LogP contribution in [-0.4, -0.2) is 55.6 Å². The highest BCUT2D eigenvalue weighted by Crippen LogP contribution is 2.44. The molecule has 1 aromatic rings. The van der Waals surface area contributed by atoms with Crippen LogP contribution in [0.5, 0.6) is 0 Å². The summed E-state index contributed by atoms with van der Waals surface area (Å²) >= 11 is 6.27. The Morgan fingerprint density at radius 2 is 2.12 bits per heavy atom. The van der Waals surface area contributed by atoms with E-state index in [0.717, 1.165) is 43.8 Å². The number of nitrogens with zero attached hydrogens (tertiary/aromatic N) is 2. The SMILES string of the molecule is NCCCS(=O)(=O)N1CCC[C@@H]2CN3CCc4ccc(Cl)cc4[C@@H]3C[C@@H]21. The molecule has 0 aromatic heterocycles. The lowest BCUT2D eigenvalue weighted by Crippen LogP contribution is -2.57. The Balaban J connectivity index is 1.62. The maximum absolute atomic E-state index is 12.9. The van der Waals surface area contributed by atoms with Crippen LogP contribution in [-0.2, 0) is 16.4 Å². The summed E-state index contributed by atoms with van der Waals surface area (Å²) in [5, 5.41) is 0.767. The van der Waals surface area contributed by atoms with Gasteiger partial charge in [0.25, 0.3) is 0 Å². The van der Waals surface area contributed by atoms with Gasteiger partial charge in [-0.05, 0) is 67.8 Å². The van der Waals surface area contributed by atoms with E-state index in [4.69, 9.17) is 17.3 Å². The van der Waals surface area contributed by atoms with Crippen molar-refractivity contribution in [3.63, 3.8) is 0 Å². The Morgan fingerprint density at radius 3 is 2.92 bits per heavy atom. The van der Waals surface area contributed by atoms with Crippen molar-refractivity contribution < 1.29 is 8.42 Å². The molecule has 0 unspecified atom stereocenters. The highest BCUT2D eigenvalue weighted by molar-refractivity contribution is 7.89. The fraction of sp³-hybridized carbons (Fsp3) is 0.684. The highest BCUT2D eigenvalue weighted by atomic mass is 35.5. The molecule has 2 fully saturated rings. The van der Waals surface area contributed by atoms with Crippen LogP contribution in [0.2, 0.25) is 5.02 Å². The first-order valence-electron chi connectivity index (χ1n) is 9.71. The number of benzene rings is 1. The number of halogens is 1. The van der Waals surface area contributed by atoms with Crippen LogP contribution in [0.15, 0.2) is 18.2 Å². The van der Waals surface area contributed by atoms with Crippen molar-refractivity contribution in [3.05, 3.63) is 34.3 Å². The Hall–Kier alpha value is -0.660. The van der Waals surface area contributed by atoms with Gasteiger partial charge >= 0.3 is 0 Å². The van der Waals surface area contributed by atoms with Gasteiger partial charge in [-0.1, -0.05) is 17.7 Å². The van der Waals surface area contributed by atoms with Gasteiger partial charge in [0, 0.05) is 36.7 Å². The molecular formula is C19H28ClN3O2S. The second kappa shape index (κ2) is 7.40. The molecule has 7 heteroatoms. The summed E-state index contributed by atoms with van der Waals surface area (Å²) in [6, 6.07) is 6.58. The number of fused-ring (bicyclic) bond motifs is 4. The van der Waals surface area contributed by atoms with Crippen LogP contribution in [0.3, 0.4) is 0 Å². The lowest BCUT2D eigenvalue weighted by atomic mass is 9.77. The molecule has 0 aliphatic carbocycles. The minimum absolute atomic E-state index is 0.109. The second-order valence-electron chi connectivity index (χ2n) is 7.88. The van der Waals surface area contributed by atoms with E-state index in [0.29, 0.717) is 25.4 Å². The molecule has 3 aliphatic heterocycles. The molecule has 0 amide bonds. The van der Waals surface area contributed by atoms with Crippen molar-refractivity contribution in [2.45, 2.75) is 44.2 Å². The van der Waals surface area contributed by atoms with Gasteiger partial charge in [0.2, 0.25) is 10.0 Å². The topological polar surface area (TPSA) is 66.6 Å². The van der Waals surface area contributed by atoms with Gasteiger partial charge in [-0.2, -0.15) is 4.31 Å². The van der Waals surface area contributed by atoms with E-state index in [1.807, 2.05) is 10.4 Å². The Bertz CT molecular complexity index is 770. The molecule has 2 saturated heterocycles. The zero-order chi connectivity index (χ0) is 18.3. The number of hydrogen-bond acceptors (Lipinski definition) is 4. The van der Waals surface area contributed by atoms with Gasteiger partial charge in [-0.25, -0.2) is 8.42 Å². The van der Waals surface area contributed by atoms with E-state index in [1.54, 1.807) is 0 Å². The van der Waals surface area contributed by atoms with E-state index in [1.165, 1.54) is 11.1 Å². The molecule has 5 nitrogen and oxygen atoms in total. The van der Waals surface area contributed by atoms with E-state index < -0.39 is 10.0 Å². The average molecular weight is 398 g/mol. The van der Waals surface area contributed by atoms with E-state index >= 15 is 0 Å². The number of hydrogen-bond donors (Lipinski definition) is 1. The van der Waals surface area contributed by atoms with Crippen LogP contribution in [0.4, 0.5) is 0 Å². The molecular weight excluding hydrogens is 370 g/mol. The number of sulfonamides is 1. The Morgan fingerprint density at radius 1 is 1.27 bits per heavy atom. The first-order chi connectivity index (χ1) is 12.5. The van der Waals surface area contributed by atoms with Gasteiger partial charge in [0.05, 0.1) is 5.75 Å². The van der Waals surface area contributed by atoms with Crippen molar-refractivity contribution in [3.8, 4) is 0 Å². The molecule has 0 spiro atoms. The molecule has 3 aliphatic rings. The molecule has 4 rings (SSSR count). The summed E-state index contributed by atoms with van der Waals surface area (Å²) in [4.78, 5) is 2.55. The molecule has 0 saturated carbocycles. The zero-order valence-electron chi connectivity index (χ0n) is 15.1. The van der Waals surface area contributed by atoms with E-state index in [2.05, 4.69) is 17.0 Å². The molecule has 144 valence electrons. The minimum atomic E-state index is -3.23. The summed E-state index contributed by atoms with van der Waals surface area (Å²) in [6.45, 7) is 3.12. The van der Waals surface area contributed by atoms with Crippen LogP contribution in [0, 0.1) is 5.92 Å². The van der Waals surface area contributed by atoms with Crippen LogP contribution >= 0.6 is 11.6 Å². The maximum atomic E-state index is 12.9. The van der Waals surface area contributed by atoms with Crippen molar-refractivity contribution in [2.75, 3.05) is 31.9 Å². The molecule has 26 heavy (non-hydrogen) atoms. The van der Waals surface area contributed by atoms with E-state index in [9.17, 15) is 8.42 Å². The lowest BCUT2D eigenvalue weighted by Gasteiger charge is -2.51. The van der Waals surface area contributed by atoms with Gasteiger partial charge < -0.3 is 5.73 Å². The standard InChI is InChI=1S/C19H28ClN3O2S/c20-16-5-4-14-6-9-22-13-15-3-1-8-23(26(24,25)10-2-7-21)18(15)12-19(22)17(14)11-16/h4-5,11,15,18-19H,1-3,6-10,12-13,21H2/t15-,18+,19+/m1/s1. The molecule has 3 atom stereocenters. The van der Waals surface area contributed by atoms with Gasteiger partial charge in [0.1, 0.15) is 0 Å². The van der Waals surface area contributed by atoms with Gasteiger partial charge in [-0.15, -0.1) is 0 Å². The summed E-state index contributed by atoms with van der Waals surface area (Å²) in [5.41, 5.74) is 8.21. The van der Waals surface area contributed by atoms with Gasteiger partial charge in [-0.3, -0.25) is 4.90 Å².